The molecule has 0 radical (unpaired) electrons. The van der Waals surface area contributed by atoms with Gasteiger partial charge in [-0.25, -0.2) is 4.39 Å². The first-order chi connectivity index (χ1) is 8.20. The molecular weight excluding hydrogens is 219 g/mol. The van der Waals surface area contributed by atoms with E-state index in [-0.39, 0.29) is 5.82 Å². The van der Waals surface area contributed by atoms with E-state index in [1.807, 2.05) is 6.92 Å². The lowest BCUT2D eigenvalue weighted by Crippen LogP contribution is -2.00. The quantitative estimate of drug-likeness (QED) is 0.885. The van der Waals surface area contributed by atoms with Crippen LogP contribution in [0.1, 0.15) is 11.1 Å². The number of nitrogens with two attached hydrogens (primary N) is 1. The van der Waals surface area contributed by atoms with E-state index in [0.29, 0.717) is 18.0 Å². The monoisotopic (exact) mass is 232 g/mol. The SMILES string of the molecule is Cc1ccc(F)cc1Oc1ccncc1CN. The summed E-state index contributed by atoms with van der Waals surface area (Å²) in [6.45, 7) is 2.19. The summed E-state index contributed by atoms with van der Waals surface area (Å²) in [5.41, 5.74) is 7.23. The van der Waals surface area contributed by atoms with E-state index in [4.69, 9.17) is 10.5 Å². The molecule has 0 fully saturated rings. The van der Waals surface area contributed by atoms with Crippen LogP contribution in [0.15, 0.2) is 36.7 Å². The predicted octanol–water partition coefficient (Wildman–Crippen LogP) is 2.78. The Morgan fingerprint density at radius 1 is 1.29 bits per heavy atom. The Hall–Kier alpha value is -1.94. The maximum atomic E-state index is 13.1. The summed E-state index contributed by atoms with van der Waals surface area (Å²) in [5, 5.41) is 0. The molecule has 0 bridgehead atoms. The second-order valence-corrected chi connectivity index (χ2v) is 3.70. The van der Waals surface area contributed by atoms with Gasteiger partial charge in [0.25, 0.3) is 0 Å². The van der Waals surface area contributed by atoms with Gasteiger partial charge in [0.2, 0.25) is 0 Å². The molecule has 1 aromatic carbocycles. The Morgan fingerprint density at radius 2 is 2.12 bits per heavy atom. The van der Waals surface area contributed by atoms with Gasteiger partial charge in [-0.2, -0.15) is 0 Å². The zero-order chi connectivity index (χ0) is 12.3. The van der Waals surface area contributed by atoms with Crippen LogP contribution in [0.4, 0.5) is 4.39 Å². The zero-order valence-corrected chi connectivity index (χ0v) is 9.48. The lowest BCUT2D eigenvalue weighted by Gasteiger charge is -2.11. The van der Waals surface area contributed by atoms with Gasteiger partial charge in [0.1, 0.15) is 17.3 Å². The molecule has 0 spiro atoms. The molecule has 17 heavy (non-hydrogen) atoms. The maximum Gasteiger partial charge on any atom is 0.135 e. The molecule has 0 aliphatic rings. The summed E-state index contributed by atoms with van der Waals surface area (Å²) >= 11 is 0. The molecule has 88 valence electrons. The number of aryl methyl sites for hydroxylation is 1. The lowest BCUT2D eigenvalue weighted by atomic mass is 10.2. The first-order valence-electron chi connectivity index (χ1n) is 5.27. The smallest absolute Gasteiger partial charge is 0.135 e. The Bertz CT molecular complexity index is 529. The molecule has 1 aromatic heterocycles. The minimum Gasteiger partial charge on any atom is -0.457 e. The fourth-order valence-electron chi connectivity index (χ4n) is 1.47. The average molecular weight is 232 g/mol. The maximum absolute atomic E-state index is 13.1. The van der Waals surface area contributed by atoms with Crippen LogP contribution in [0.2, 0.25) is 0 Å². The number of hydrogen-bond donors (Lipinski definition) is 1. The number of halogens is 1. The number of nitrogens with zero attached hydrogens (tertiary/aromatic N) is 1. The highest BCUT2D eigenvalue weighted by molar-refractivity contribution is 5.39. The third kappa shape index (κ3) is 2.60. The van der Waals surface area contributed by atoms with Crippen molar-refractivity contribution in [3.63, 3.8) is 0 Å². The lowest BCUT2D eigenvalue weighted by molar-refractivity contribution is 0.466. The molecule has 4 heteroatoms. The van der Waals surface area contributed by atoms with Gasteiger partial charge in [-0.3, -0.25) is 4.98 Å². The highest BCUT2D eigenvalue weighted by Crippen LogP contribution is 2.27. The fraction of sp³-hybridized carbons (Fsp3) is 0.154. The summed E-state index contributed by atoms with van der Waals surface area (Å²) in [4.78, 5) is 3.96. The molecule has 3 nitrogen and oxygen atoms in total. The van der Waals surface area contributed by atoms with Crippen LogP contribution in [-0.4, -0.2) is 4.98 Å². The largest absolute Gasteiger partial charge is 0.457 e. The van der Waals surface area contributed by atoms with Crippen LogP contribution in [0.25, 0.3) is 0 Å². The van der Waals surface area contributed by atoms with E-state index in [1.165, 1.54) is 12.1 Å². The molecular formula is C13H13FN2O. The first-order valence-corrected chi connectivity index (χ1v) is 5.27. The Kier molecular flexibility index (Phi) is 3.35. The molecule has 2 aromatic rings. The molecule has 0 unspecified atom stereocenters. The Labute approximate surface area is 99.1 Å². The number of rotatable bonds is 3. The molecule has 0 amide bonds. The van der Waals surface area contributed by atoms with Crippen molar-refractivity contribution in [3.8, 4) is 11.5 Å². The van der Waals surface area contributed by atoms with E-state index >= 15 is 0 Å². The van der Waals surface area contributed by atoms with Crippen molar-refractivity contribution >= 4 is 0 Å². The molecule has 0 aliphatic carbocycles. The van der Waals surface area contributed by atoms with E-state index < -0.39 is 0 Å². The second-order valence-electron chi connectivity index (χ2n) is 3.70. The summed E-state index contributed by atoms with van der Waals surface area (Å²) in [7, 11) is 0. The third-order valence-electron chi connectivity index (χ3n) is 2.45. The van der Waals surface area contributed by atoms with Crippen molar-refractivity contribution in [2.45, 2.75) is 13.5 Å². The Balaban J connectivity index is 2.34. The highest BCUT2D eigenvalue weighted by Gasteiger charge is 2.06. The van der Waals surface area contributed by atoms with Crippen LogP contribution in [0.5, 0.6) is 11.5 Å². The molecule has 0 atom stereocenters. The van der Waals surface area contributed by atoms with Gasteiger partial charge in [-0.05, 0) is 24.6 Å². The van der Waals surface area contributed by atoms with Gasteiger partial charge in [-0.1, -0.05) is 6.07 Å². The number of benzene rings is 1. The van der Waals surface area contributed by atoms with E-state index in [9.17, 15) is 4.39 Å². The molecule has 2 rings (SSSR count). The van der Waals surface area contributed by atoms with Gasteiger partial charge >= 0.3 is 0 Å². The van der Waals surface area contributed by atoms with Crippen molar-refractivity contribution in [2.75, 3.05) is 0 Å². The van der Waals surface area contributed by atoms with Gasteiger partial charge in [-0.15, -0.1) is 0 Å². The minimum absolute atomic E-state index is 0.325. The van der Waals surface area contributed by atoms with E-state index in [0.717, 1.165) is 11.1 Å². The van der Waals surface area contributed by atoms with Crippen molar-refractivity contribution in [3.05, 3.63) is 53.6 Å². The summed E-state index contributed by atoms with van der Waals surface area (Å²) in [6.07, 6.45) is 3.26. The number of hydrogen-bond acceptors (Lipinski definition) is 3. The van der Waals surface area contributed by atoms with Crippen molar-refractivity contribution in [2.24, 2.45) is 5.73 Å². The van der Waals surface area contributed by atoms with Gasteiger partial charge in [0.15, 0.2) is 0 Å². The van der Waals surface area contributed by atoms with Crippen LogP contribution < -0.4 is 10.5 Å². The fourth-order valence-corrected chi connectivity index (χ4v) is 1.47. The predicted molar refractivity (Wildman–Crippen MR) is 63.3 cm³/mol. The molecule has 0 saturated heterocycles. The zero-order valence-electron chi connectivity index (χ0n) is 9.48. The molecule has 0 aliphatic heterocycles. The van der Waals surface area contributed by atoms with Crippen molar-refractivity contribution in [1.29, 1.82) is 0 Å². The van der Waals surface area contributed by atoms with Crippen LogP contribution in [-0.2, 0) is 6.54 Å². The van der Waals surface area contributed by atoms with Crippen molar-refractivity contribution < 1.29 is 9.13 Å². The van der Waals surface area contributed by atoms with E-state index in [2.05, 4.69) is 4.98 Å². The molecule has 1 heterocycles. The minimum atomic E-state index is -0.325. The normalized spacial score (nSPS) is 10.3. The number of ether oxygens (including phenoxy) is 1. The summed E-state index contributed by atoms with van der Waals surface area (Å²) < 4.78 is 18.8. The molecule has 2 N–H and O–H groups in total. The number of aromatic nitrogens is 1. The van der Waals surface area contributed by atoms with E-state index in [1.54, 1.807) is 24.5 Å². The van der Waals surface area contributed by atoms with Gasteiger partial charge in [0, 0.05) is 30.6 Å². The summed E-state index contributed by atoms with van der Waals surface area (Å²) in [5.74, 6) is 0.774. The summed E-state index contributed by atoms with van der Waals surface area (Å²) in [6, 6.07) is 6.15. The van der Waals surface area contributed by atoms with Crippen molar-refractivity contribution in [1.82, 2.24) is 4.98 Å². The first kappa shape index (κ1) is 11.5. The van der Waals surface area contributed by atoms with Crippen LogP contribution in [0.3, 0.4) is 0 Å². The van der Waals surface area contributed by atoms with Crippen LogP contribution in [0, 0.1) is 12.7 Å². The molecule has 0 saturated carbocycles. The average Bonchev–Trinajstić information content (AvgIpc) is 2.34. The van der Waals surface area contributed by atoms with Crippen LogP contribution >= 0.6 is 0 Å². The number of pyridine rings is 1. The second kappa shape index (κ2) is 4.93. The van der Waals surface area contributed by atoms with Gasteiger partial charge < -0.3 is 10.5 Å². The topological polar surface area (TPSA) is 48.1 Å². The van der Waals surface area contributed by atoms with Gasteiger partial charge in [0.05, 0.1) is 0 Å². The Morgan fingerprint density at radius 3 is 2.88 bits per heavy atom. The third-order valence-corrected chi connectivity index (χ3v) is 2.45. The standard InChI is InChI=1S/C13H13FN2O/c1-9-2-3-11(14)6-13(9)17-12-4-5-16-8-10(12)7-15/h2-6,8H,7,15H2,1H3. The highest BCUT2D eigenvalue weighted by atomic mass is 19.1.